The van der Waals surface area contributed by atoms with Gasteiger partial charge in [0.15, 0.2) is 0 Å². The van der Waals surface area contributed by atoms with E-state index >= 15 is 0 Å². The Morgan fingerprint density at radius 2 is 2.16 bits per heavy atom. The van der Waals surface area contributed by atoms with Crippen LogP contribution in [0.4, 0.5) is 0 Å². The van der Waals surface area contributed by atoms with Crippen molar-refractivity contribution in [3.05, 3.63) is 52.9 Å². The number of carbonyl (C=O) groups is 1. The van der Waals surface area contributed by atoms with Gasteiger partial charge < -0.3 is 5.32 Å². The van der Waals surface area contributed by atoms with Gasteiger partial charge in [0.2, 0.25) is 5.91 Å². The molecule has 0 spiro atoms. The second-order valence-corrected chi connectivity index (χ2v) is 7.72. The van der Waals surface area contributed by atoms with Crippen molar-refractivity contribution >= 4 is 5.91 Å². The van der Waals surface area contributed by atoms with Gasteiger partial charge in [-0.3, -0.25) is 9.78 Å². The third kappa shape index (κ3) is 4.20. The van der Waals surface area contributed by atoms with Crippen LogP contribution in [0.5, 0.6) is 0 Å². The molecule has 1 saturated carbocycles. The Balaban J connectivity index is 1.59. The number of hydrogen-bond donors (Lipinski definition) is 1. The molecule has 1 aromatic rings. The van der Waals surface area contributed by atoms with Crippen molar-refractivity contribution in [1.29, 1.82) is 0 Å². The molecule has 0 unspecified atom stereocenters. The van der Waals surface area contributed by atoms with E-state index in [2.05, 4.69) is 30.2 Å². The standard InChI is InChI=1S/C22H30N2O/c1-15-7-9-18(21-16(2)8-10-20(15)21)14-17(3)22(25)24-13-11-19-6-4-5-12-23-19/h4-6,12,14-15,18,20H,7-11,13H2,1-3H3,(H,24,25)/b17-14+/t15-,18+,20-/m1/s1. The number of allylic oxidation sites excluding steroid dienone is 3. The molecule has 0 bridgehead atoms. The van der Waals surface area contributed by atoms with Gasteiger partial charge in [-0.25, -0.2) is 0 Å². The van der Waals surface area contributed by atoms with E-state index in [9.17, 15) is 4.79 Å². The minimum Gasteiger partial charge on any atom is -0.352 e. The largest absolute Gasteiger partial charge is 0.352 e. The summed E-state index contributed by atoms with van der Waals surface area (Å²) in [7, 11) is 0. The highest BCUT2D eigenvalue weighted by Gasteiger charge is 2.36. The lowest BCUT2D eigenvalue weighted by molar-refractivity contribution is -0.117. The zero-order chi connectivity index (χ0) is 17.8. The zero-order valence-electron chi connectivity index (χ0n) is 15.7. The highest BCUT2D eigenvalue weighted by atomic mass is 16.1. The predicted octanol–water partition coefficient (Wildman–Crippen LogP) is 4.46. The number of hydrogen-bond acceptors (Lipinski definition) is 2. The van der Waals surface area contributed by atoms with E-state index in [4.69, 9.17) is 0 Å². The van der Waals surface area contributed by atoms with E-state index in [-0.39, 0.29) is 5.91 Å². The summed E-state index contributed by atoms with van der Waals surface area (Å²) in [6, 6.07) is 5.88. The van der Waals surface area contributed by atoms with Gasteiger partial charge in [0, 0.05) is 30.4 Å². The van der Waals surface area contributed by atoms with Gasteiger partial charge in [0.25, 0.3) is 0 Å². The van der Waals surface area contributed by atoms with Crippen LogP contribution in [0.25, 0.3) is 0 Å². The van der Waals surface area contributed by atoms with E-state index in [1.165, 1.54) is 25.7 Å². The summed E-state index contributed by atoms with van der Waals surface area (Å²) in [5.41, 5.74) is 5.08. The molecule has 1 N–H and O–H groups in total. The van der Waals surface area contributed by atoms with Gasteiger partial charge in [-0.1, -0.05) is 30.2 Å². The van der Waals surface area contributed by atoms with Crippen molar-refractivity contribution in [1.82, 2.24) is 10.3 Å². The van der Waals surface area contributed by atoms with Gasteiger partial charge in [-0.05, 0) is 69.4 Å². The predicted molar refractivity (Wildman–Crippen MR) is 102 cm³/mol. The summed E-state index contributed by atoms with van der Waals surface area (Å²) >= 11 is 0. The van der Waals surface area contributed by atoms with Crippen LogP contribution in [-0.4, -0.2) is 17.4 Å². The number of fused-ring (bicyclic) bond motifs is 1. The van der Waals surface area contributed by atoms with E-state index < -0.39 is 0 Å². The summed E-state index contributed by atoms with van der Waals surface area (Å²) in [5, 5.41) is 3.04. The topological polar surface area (TPSA) is 42.0 Å². The number of amides is 1. The lowest BCUT2D eigenvalue weighted by Gasteiger charge is -2.34. The maximum atomic E-state index is 12.4. The summed E-state index contributed by atoms with van der Waals surface area (Å²) in [5.74, 6) is 2.06. The molecule has 3 nitrogen and oxygen atoms in total. The summed E-state index contributed by atoms with van der Waals surface area (Å²) < 4.78 is 0. The van der Waals surface area contributed by atoms with Crippen LogP contribution in [0.2, 0.25) is 0 Å². The smallest absolute Gasteiger partial charge is 0.246 e. The van der Waals surface area contributed by atoms with E-state index in [0.717, 1.165) is 29.5 Å². The van der Waals surface area contributed by atoms with Crippen LogP contribution in [0.15, 0.2) is 47.2 Å². The van der Waals surface area contributed by atoms with Crippen LogP contribution in [-0.2, 0) is 11.2 Å². The second kappa shape index (κ2) is 7.99. The molecule has 3 atom stereocenters. The Hall–Kier alpha value is -1.90. The van der Waals surface area contributed by atoms with Crippen molar-refractivity contribution in [2.24, 2.45) is 17.8 Å². The molecule has 1 fully saturated rings. The molecule has 2 aliphatic rings. The average molecular weight is 338 g/mol. The van der Waals surface area contributed by atoms with Gasteiger partial charge in [-0.2, -0.15) is 0 Å². The number of nitrogens with one attached hydrogen (secondary N) is 1. The Labute approximate surface area is 151 Å². The Morgan fingerprint density at radius 3 is 2.92 bits per heavy atom. The van der Waals surface area contributed by atoms with Gasteiger partial charge in [-0.15, -0.1) is 0 Å². The van der Waals surface area contributed by atoms with Crippen molar-refractivity contribution in [2.45, 2.75) is 52.9 Å². The lowest BCUT2D eigenvalue weighted by atomic mass is 9.71. The molecule has 0 aromatic carbocycles. The average Bonchev–Trinajstić information content (AvgIpc) is 3.01. The first-order valence-corrected chi connectivity index (χ1v) is 9.62. The summed E-state index contributed by atoms with van der Waals surface area (Å²) in [6.45, 7) is 7.26. The van der Waals surface area contributed by atoms with Crippen molar-refractivity contribution in [3.63, 3.8) is 0 Å². The SMILES string of the molecule is CC1=C2[C@H](/C=C(\C)C(=O)NCCc3ccccn3)CC[C@@H](C)[C@H]2CC1. The molecule has 2 aliphatic carbocycles. The van der Waals surface area contributed by atoms with Crippen LogP contribution >= 0.6 is 0 Å². The maximum absolute atomic E-state index is 12.4. The fraction of sp³-hybridized carbons (Fsp3) is 0.545. The zero-order valence-corrected chi connectivity index (χ0v) is 15.7. The maximum Gasteiger partial charge on any atom is 0.246 e. The molecule has 3 rings (SSSR count). The Bertz CT molecular complexity index is 675. The molecule has 3 heteroatoms. The second-order valence-electron chi connectivity index (χ2n) is 7.72. The molecular weight excluding hydrogens is 308 g/mol. The fourth-order valence-corrected chi connectivity index (χ4v) is 4.51. The molecule has 1 aromatic heterocycles. The first-order chi connectivity index (χ1) is 12.1. The van der Waals surface area contributed by atoms with Crippen LogP contribution in [0.3, 0.4) is 0 Å². The van der Waals surface area contributed by atoms with Gasteiger partial charge in [0.05, 0.1) is 0 Å². The third-order valence-electron chi connectivity index (χ3n) is 5.94. The monoisotopic (exact) mass is 338 g/mol. The quantitative estimate of drug-likeness (QED) is 0.636. The fourth-order valence-electron chi connectivity index (χ4n) is 4.51. The highest BCUT2D eigenvalue weighted by molar-refractivity contribution is 5.92. The normalized spacial score (nSPS) is 26.5. The Morgan fingerprint density at radius 1 is 1.32 bits per heavy atom. The molecule has 0 saturated heterocycles. The number of nitrogens with zero attached hydrogens (tertiary/aromatic N) is 1. The summed E-state index contributed by atoms with van der Waals surface area (Å²) in [4.78, 5) is 16.7. The first kappa shape index (κ1) is 17.9. The molecule has 25 heavy (non-hydrogen) atoms. The number of carbonyl (C=O) groups excluding carboxylic acids is 1. The first-order valence-electron chi connectivity index (χ1n) is 9.62. The van der Waals surface area contributed by atoms with E-state index in [1.807, 2.05) is 25.1 Å². The molecule has 1 heterocycles. The van der Waals surface area contributed by atoms with Gasteiger partial charge >= 0.3 is 0 Å². The number of pyridine rings is 1. The van der Waals surface area contributed by atoms with Gasteiger partial charge in [0.1, 0.15) is 0 Å². The van der Waals surface area contributed by atoms with Crippen molar-refractivity contribution in [2.75, 3.05) is 6.54 Å². The Kier molecular flexibility index (Phi) is 5.72. The van der Waals surface area contributed by atoms with Crippen LogP contribution in [0, 0.1) is 17.8 Å². The minimum atomic E-state index is 0.0577. The molecule has 1 amide bonds. The van der Waals surface area contributed by atoms with Crippen molar-refractivity contribution < 1.29 is 4.79 Å². The van der Waals surface area contributed by atoms with E-state index in [0.29, 0.717) is 12.5 Å². The van der Waals surface area contributed by atoms with Crippen LogP contribution in [0.1, 0.15) is 52.1 Å². The molecule has 0 radical (unpaired) electrons. The minimum absolute atomic E-state index is 0.0577. The number of rotatable bonds is 5. The van der Waals surface area contributed by atoms with Crippen LogP contribution < -0.4 is 5.32 Å². The summed E-state index contributed by atoms with van der Waals surface area (Å²) in [6.07, 6.45) is 9.79. The lowest BCUT2D eigenvalue weighted by Crippen LogP contribution is -2.28. The van der Waals surface area contributed by atoms with Crippen molar-refractivity contribution in [3.8, 4) is 0 Å². The molecule has 0 aliphatic heterocycles. The number of aromatic nitrogens is 1. The molecular formula is C22H30N2O. The third-order valence-corrected chi connectivity index (χ3v) is 5.94. The van der Waals surface area contributed by atoms with E-state index in [1.54, 1.807) is 17.3 Å². The highest BCUT2D eigenvalue weighted by Crippen LogP contribution is 2.48. The molecule has 134 valence electrons.